The molecule has 0 spiro atoms. The Labute approximate surface area is 88.5 Å². The summed E-state index contributed by atoms with van der Waals surface area (Å²) in [6, 6.07) is 9.55. The van der Waals surface area contributed by atoms with Crippen LogP contribution in [0.25, 0.3) is 0 Å². The van der Waals surface area contributed by atoms with Crippen molar-refractivity contribution in [3.8, 4) is 0 Å². The van der Waals surface area contributed by atoms with E-state index in [2.05, 4.69) is 5.32 Å². The number of carbonyl (C=O) groups excluding carboxylic acids is 2. The molecule has 2 unspecified atom stereocenters. The number of carbonyl (C=O) groups is 2. The van der Waals surface area contributed by atoms with Gasteiger partial charge in [-0.25, -0.2) is 0 Å². The van der Waals surface area contributed by atoms with E-state index in [1.54, 1.807) is 0 Å². The highest BCUT2D eigenvalue weighted by Crippen LogP contribution is 2.22. The first-order chi connectivity index (χ1) is 7.20. The molecular weight excluding hydrogens is 190 g/mol. The molecule has 78 valence electrons. The van der Waals surface area contributed by atoms with E-state index >= 15 is 0 Å². The predicted molar refractivity (Wildman–Crippen MR) is 56.4 cm³/mol. The second-order valence-electron chi connectivity index (χ2n) is 3.83. The molecule has 1 aliphatic rings. The molecule has 1 aromatic carbocycles. The first kappa shape index (κ1) is 9.90. The number of hydrogen-bond donors (Lipinski definition) is 1. The van der Waals surface area contributed by atoms with Gasteiger partial charge in [-0.05, 0) is 5.56 Å². The molecule has 1 N–H and O–H groups in total. The van der Waals surface area contributed by atoms with Gasteiger partial charge >= 0.3 is 0 Å². The molecule has 0 aromatic heterocycles. The number of nitrogens with one attached hydrogen (secondary N) is 1. The fourth-order valence-corrected chi connectivity index (χ4v) is 1.73. The largest absolute Gasteiger partial charge is 0.354 e. The van der Waals surface area contributed by atoms with Gasteiger partial charge < -0.3 is 5.32 Å². The smallest absolute Gasteiger partial charge is 0.232 e. The minimum atomic E-state index is -0.430. The summed E-state index contributed by atoms with van der Waals surface area (Å²) in [5.41, 5.74) is 0.974. The Morgan fingerprint density at radius 1 is 1.40 bits per heavy atom. The van der Waals surface area contributed by atoms with E-state index < -0.39 is 5.92 Å². The molecule has 1 heterocycles. The Hall–Kier alpha value is -1.64. The number of benzene rings is 1. The fourth-order valence-electron chi connectivity index (χ4n) is 1.73. The number of ketones is 1. The van der Waals surface area contributed by atoms with E-state index in [9.17, 15) is 9.59 Å². The van der Waals surface area contributed by atoms with Crippen molar-refractivity contribution < 1.29 is 9.59 Å². The Morgan fingerprint density at radius 3 is 2.53 bits per heavy atom. The molecular formula is C12H13NO2. The van der Waals surface area contributed by atoms with Crippen LogP contribution in [0.15, 0.2) is 30.3 Å². The molecule has 1 saturated heterocycles. The molecule has 2 atom stereocenters. The van der Waals surface area contributed by atoms with E-state index in [1.807, 2.05) is 37.3 Å². The van der Waals surface area contributed by atoms with Crippen LogP contribution in [0.3, 0.4) is 0 Å². The highest BCUT2D eigenvalue weighted by molar-refractivity contribution is 6.07. The Kier molecular flexibility index (Phi) is 2.54. The minimum Gasteiger partial charge on any atom is -0.354 e. The SMILES string of the molecule is CC(C(=O)C1CNC1=O)c1ccccc1. The molecule has 15 heavy (non-hydrogen) atoms. The molecule has 2 rings (SSSR count). The quantitative estimate of drug-likeness (QED) is 0.590. The van der Waals surface area contributed by atoms with Crippen LogP contribution in [0.1, 0.15) is 18.4 Å². The second kappa shape index (κ2) is 3.85. The van der Waals surface area contributed by atoms with Crippen molar-refractivity contribution in [2.24, 2.45) is 5.92 Å². The molecule has 1 aliphatic heterocycles. The maximum absolute atomic E-state index is 11.9. The predicted octanol–water partition coefficient (Wildman–Crippen LogP) is 1.11. The van der Waals surface area contributed by atoms with E-state index in [4.69, 9.17) is 0 Å². The Balaban J connectivity index is 2.11. The zero-order chi connectivity index (χ0) is 10.8. The van der Waals surface area contributed by atoms with E-state index in [0.717, 1.165) is 5.56 Å². The van der Waals surface area contributed by atoms with Crippen molar-refractivity contribution in [3.63, 3.8) is 0 Å². The maximum atomic E-state index is 11.9. The first-order valence-corrected chi connectivity index (χ1v) is 5.06. The van der Waals surface area contributed by atoms with E-state index in [0.29, 0.717) is 6.54 Å². The average Bonchev–Trinajstić information content (AvgIpc) is 2.27. The standard InChI is InChI=1S/C12H13NO2/c1-8(9-5-3-2-4-6-9)11(14)10-7-13-12(10)15/h2-6,8,10H,7H2,1H3,(H,13,15). The fraction of sp³-hybridized carbons (Fsp3) is 0.333. The summed E-state index contributed by atoms with van der Waals surface area (Å²) in [5, 5.41) is 2.59. The normalized spacial score (nSPS) is 21.4. The lowest BCUT2D eigenvalue weighted by atomic mass is 9.85. The van der Waals surface area contributed by atoms with E-state index in [-0.39, 0.29) is 17.6 Å². The van der Waals surface area contributed by atoms with Crippen LogP contribution in [0.2, 0.25) is 0 Å². The summed E-state index contributed by atoms with van der Waals surface area (Å²) in [6.07, 6.45) is 0. The lowest BCUT2D eigenvalue weighted by Gasteiger charge is -2.27. The molecule has 1 aromatic rings. The second-order valence-corrected chi connectivity index (χ2v) is 3.83. The van der Waals surface area contributed by atoms with Crippen LogP contribution in [0.4, 0.5) is 0 Å². The van der Waals surface area contributed by atoms with Crippen molar-refractivity contribution in [1.82, 2.24) is 5.32 Å². The van der Waals surface area contributed by atoms with Gasteiger partial charge in [0, 0.05) is 12.5 Å². The monoisotopic (exact) mass is 203 g/mol. The van der Waals surface area contributed by atoms with Gasteiger partial charge in [0.05, 0.1) is 0 Å². The number of hydrogen-bond acceptors (Lipinski definition) is 2. The minimum absolute atomic E-state index is 0.0185. The summed E-state index contributed by atoms with van der Waals surface area (Å²) in [4.78, 5) is 23.0. The topological polar surface area (TPSA) is 46.2 Å². The van der Waals surface area contributed by atoms with Crippen molar-refractivity contribution in [2.75, 3.05) is 6.54 Å². The maximum Gasteiger partial charge on any atom is 0.232 e. The van der Waals surface area contributed by atoms with Crippen molar-refractivity contribution in [3.05, 3.63) is 35.9 Å². The highest BCUT2D eigenvalue weighted by atomic mass is 16.2. The zero-order valence-electron chi connectivity index (χ0n) is 8.57. The third-order valence-electron chi connectivity index (χ3n) is 2.87. The summed E-state index contributed by atoms with van der Waals surface area (Å²) >= 11 is 0. The Morgan fingerprint density at radius 2 is 2.07 bits per heavy atom. The van der Waals surface area contributed by atoms with Crippen LogP contribution in [-0.4, -0.2) is 18.2 Å². The van der Waals surface area contributed by atoms with Crippen molar-refractivity contribution >= 4 is 11.7 Å². The van der Waals surface area contributed by atoms with Gasteiger partial charge in [0.15, 0.2) is 5.78 Å². The van der Waals surface area contributed by atoms with Crippen LogP contribution in [0, 0.1) is 5.92 Å². The van der Waals surface area contributed by atoms with Gasteiger partial charge in [0.25, 0.3) is 0 Å². The third-order valence-corrected chi connectivity index (χ3v) is 2.87. The van der Waals surface area contributed by atoms with Gasteiger partial charge in [0.2, 0.25) is 5.91 Å². The zero-order valence-corrected chi connectivity index (χ0v) is 8.57. The lowest BCUT2D eigenvalue weighted by Crippen LogP contribution is -2.53. The van der Waals surface area contributed by atoms with Crippen molar-refractivity contribution in [2.45, 2.75) is 12.8 Å². The number of β-lactam (4-membered cyclic amide) rings is 1. The molecule has 3 nitrogen and oxygen atoms in total. The summed E-state index contributed by atoms with van der Waals surface area (Å²) in [6.45, 7) is 2.35. The number of Topliss-reactive ketones (excluding diaryl/α,β-unsaturated/α-hetero) is 1. The number of rotatable bonds is 3. The van der Waals surface area contributed by atoms with Crippen LogP contribution < -0.4 is 5.32 Å². The van der Waals surface area contributed by atoms with Crippen LogP contribution in [0.5, 0.6) is 0 Å². The summed E-state index contributed by atoms with van der Waals surface area (Å²) in [7, 11) is 0. The lowest BCUT2D eigenvalue weighted by molar-refractivity contribution is -0.140. The summed E-state index contributed by atoms with van der Waals surface area (Å²) < 4.78 is 0. The van der Waals surface area contributed by atoms with Gasteiger partial charge in [-0.15, -0.1) is 0 Å². The van der Waals surface area contributed by atoms with Crippen LogP contribution in [-0.2, 0) is 9.59 Å². The van der Waals surface area contributed by atoms with Crippen LogP contribution >= 0.6 is 0 Å². The van der Waals surface area contributed by atoms with Gasteiger partial charge in [-0.3, -0.25) is 9.59 Å². The Bertz CT molecular complexity index is 386. The van der Waals surface area contributed by atoms with Gasteiger partial charge in [-0.1, -0.05) is 37.3 Å². The van der Waals surface area contributed by atoms with E-state index in [1.165, 1.54) is 0 Å². The summed E-state index contributed by atoms with van der Waals surface area (Å²) in [5.74, 6) is -0.741. The van der Waals surface area contributed by atoms with Crippen molar-refractivity contribution in [1.29, 1.82) is 0 Å². The molecule has 0 saturated carbocycles. The molecule has 0 aliphatic carbocycles. The van der Waals surface area contributed by atoms with Gasteiger partial charge in [0.1, 0.15) is 5.92 Å². The molecule has 0 bridgehead atoms. The molecule has 0 radical (unpaired) electrons. The first-order valence-electron chi connectivity index (χ1n) is 5.06. The average molecular weight is 203 g/mol. The molecule has 3 heteroatoms. The highest BCUT2D eigenvalue weighted by Gasteiger charge is 2.36. The number of amides is 1. The third kappa shape index (κ3) is 1.77. The molecule has 1 amide bonds. The molecule has 1 fully saturated rings. The van der Waals surface area contributed by atoms with Gasteiger partial charge in [-0.2, -0.15) is 0 Å².